The van der Waals surface area contributed by atoms with Crippen LogP contribution < -0.4 is 29.6 Å². The molecular weight excluding hydrogens is 388 g/mol. The summed E-state index contributed by atoms with van der Waals surface area (Å²) in [6, 6.07) is 7.38. The van der Waals surface area contributed by atoms with E-state index in [0.717, 1.165) is 0 Å². The molecular formula is C17H14F4N2O5. The molecule has 2 aromatic carbocycles. The average Bonchev–Trinajstić information content (AvgIpc) is 2.92. The predicted octanol–water partition coefficient (Wildman–Crippen LogP) is 3.94. The summed E-state index contributed by atoms with van der Waals surface area (Å²) in [5.41, 5.74) is 0.658. The van der Waals surface area contributed by atoms with Crippen molar-refractivity contribution in [2.45, 2.75) is 19.5 Å². The van der Waals surface area contributed by atoms with Gasteiger partial charge in [-0.05, 0) is 29.8 Å². The lowest BCUT2D eigenvalue weighted by Crippen LogP contribution is -2.28. The molecule has 2 amide bonds. The van der Waals surface area contributed by atoms with E-state index in [1.54, 1.807) is 6.07 Å². The molecule has 28 heavy (non-hydrogen) atoms. The van der Waals surface area contributed by atoms with E-state index in [-0.39, 0.29) is 35.2 Å². The van der Waals surface area contributed by atoms with Gasteiger partial charge in [-0.25, -0.2) is 4.79 Å². The summed E-state index contributed by atoms with van der Waals surface area (Å²) in [7, 11) is 1.31. The van der Waals surface area contributed by atoms with Gasteiger partial charge in [0, 0.05) is 18.3 Å². The van der Waals surface area contributed by atoms with E-state index in [9.17, 15) is 22.4 Å². The van der Waals surface area contributed by atoms with Gasteiger partial charge in [-0.3, -0.25) is 0 Å². The molecule has 0 unspecified atom stereocenters. The van der Waals surface area contributed by atoms with Crippen molar-refractivity contribution >= 4 is 11.7 Å². The van der Waals surface area contributed by atoms with Gasteiger partial charge in [0.1, 0.15) is 0 Å². The molecule has 0 fully saturated rings. The van der Waals surface area contributed by atoms with Gasteiger partial charge >= 0.3 is 18.9 Å². The van der Waals surface area contributed by atoms with Crippen LogP contribution in [0.4, 0.5) is 28.0 Å². The summed E-state index contributed by atoms with van der Waals surface area (Å²) >= 11 is 0. The number of hydrogen-bond donors (Lipinski definition) is 2. The highest BCUT2D eigenvalue weighted by molar-refractivity contribution is 5.89. The Labute approximate surface area is 156 Å². The van der Waals surface area contributed by atoms with Gasteiger partial charge in [-0.15, -0.1) is 8.78 Å². The standard InChI is InChI=1S/C17H14F4N2O5/c1-25-11-4-2-9(6-13(11)26-15(18)19)8-22-16(24)23-10-3-5-12-14(7-10)28-17(20,21)27-12/h2-7,15H,8H2,1H3,(H2,22,23,24). The van der Waals surface area contributed by atoms with Crippen molar-refractivity contribution in [1.29, 1.82) is 0 Å². The molecule has 0 radical (unpaired) electrons. The van der Waals surface area contributed by atoms with Gasteiger partial charge in [0.15, 0.2) is 23.0 Å². The molecule has 3 rings (SSSR count). The molecule has 1 aliphatic heterocycles. The summed E-state index contributed by atoms with van der Waals surface area (Å²) in [5, 5.41) is 4.93. The van der Waals surface area contributed by atoms with E-state index >= 15 is 0 Å². The Morgan fingerprint density at radius 3 is 2.57 bits per heavy atom. The Hall–Kier alpha value is -3.37. The van der Waals surface area contributed by atoms with Crippen molar-refractivity contribution in [2.75, 3.05) is 12.4 Å². The minimum Gasteiger partial charge on any atom is -0.493 e. The summed E-state index contributed by atoms with van der Waals surface area (Å²) in [6.45, 7) is -3.04. The molecule has 0 aromatic heterocycles. The molecule has 0 spiro atoms. The maximum atomic E-state index is 13.0. The lowest BCUT2D eigenvalue weighted by atomic mass is 10.2. The first-order chi connectivity index (χ1) is 13.3. The third-order valence-electron chi connectivity index (χ3n) is 3.56. The van der Waals surface area contributed by atoms with Crippen LogP contribution in [-0.2, 0) is 6.54 Å². The Bertz CT molecular complexity index is 879. The number of carbonyl (C=O) groups is 1. The van der Waals surface area contributed by atoms with Gasteiger partial charge < -0.3 is 29.6 Å². The normalized spacial score (nSPS) is 13.9. The fraction of sp³-hybridized carbons (Fsp3) is 0.235. The largest absolute Gasteiger partial charge is 0.586 e. The molecule has 150 valence electrons. The highest BCUT2D eigenvalue weighted by Crippen LogP contribution is 2.42. The number of fused-ring (bicyclic) bond motifs is 1. The van der Waals surface area contributed by atoms with Crippen LogP contribution in [0.5, 0.6) is 23.0 Å². The van der Waals surface area contributed by atoms with Crippen LogP contribution in [0.15, 0.2) is 36.4 Å². The van der Waals surface area contributed by atoms with Crippen molar-refractivity contribution in [1.82, 2.24) is 5.32 Å². The zero-order valence-electron chi connectivity index (χ0n) is 14.3. The van der Waals surface area contributed by atoms with Crippen LogP contribution in [-0.4, -0.2) is 26.0 Å². The van der Waals surface area contributed by atoms with Crippen molar-refractivity contribution in [3.8, 4) is 23.0 Å². The summed E-state index contributed by atoms with van der Waals surface area (Å²) in [4.78, 5) is 12.0. The number of amides is 2. The van der Waals surface area contributed by atoms with Gasteiger partial charge in [0.25, 0.3) is 0 Å². The molecule has 2 N–H and O–H groups in total. The fourth-order valence-electron chi connectivity index (χ4n) is 2.40. The number of alkyl halides is 4. The number of urea groups is 1. The first-order valence-corrected chi connectivity index (χ1v) is 7.82. The number of anilines is 1. The maximum Gasteiger partial charge on any atom is 0.586 e. The summed E-state index contributed by atoms with van der Waals surface area (Å²) in [6.07, 6.45) is -3.75. The number of halogens is 4. The van der Waals surface area contributed by atoms with Crippen LogP contribution in [0, 0.1) is 0 Å². The Balaban J connectivity index is 1.59. The van der Waals surface area contributed by atoms with Crippen molar-refractivity contribution in [3.05, 3.63) is 42.0 Å². The smallest absolute Gasteiger partial charge is 0.493 e. The van der Waals surface area contributed by atoms with E-state index in [2.05, 4.69) is 24.8 Å². The molecule has 2 aromatic rings. The Morgan fingerprint density at radius 1 is 1.11 bits per heavy atom. The highest BCUT2D eigenvalue weighted by atomic mass is 19.3. The van der Waals surface area contributed by atoms with Crippen LogP contribution in [0.3, 0.4) is 0 Å². The van der Waals surface area contributed by atoms with Crippen molar-refractivity contribution in [2.24, 2.45) is 0 Å². The van der Waals surface area contributed by atoms with Crippen LogP contribution in [0.25, 0.3) is 0 Å². The molecule has 0 saturated carbocycles. The first-order valence-electron chi connectivity index (χ1n) is 7.82. The van der Waals surface area contributed by atoms with Crippen LogP contribution in [0.2, 0.25) is 0 Å². The molecule has 1 heterocycles. The number of nitrogens with one attached hydrogen (secondary N) is 2. The third-order valence-corrected chi connectivity index (χ3v) is 3.56. The fourth-order valence-corrected chi connectivity index (χ4v) is 2.40. The monoisotopic (exact) mass is 402 g/mol. The Kier molecular flexibility index (Phi) is 5.34. The van der Waals surface area contributed by atoms with E-state index in [0.29, 0.717) is 5.56 Å². The first kappa shape index (κ1) is 19.4. The zero-order valence-corrected chi connectivity index (χ0v) is 14.3. The lowest BCUT2D eigenvalue weighted by Gasteiger charge is -2.12. The lowest BCUT2D eigenvalue weighted by molar-refractivity contribution is -0.286. The SMILES string of the molecule is COc1ccc(CNC(=O)Nc2ccc3c(c2)OC(F)(F)O3)cc1OC(F)F. The number of benzene rings is 2. The summed E-state index contributed by atoms with van der Waals surface area (Å²) in [5.74, 6) is -0.424. The third kappa shape index (κ3) is 4.67. The van der Waals surface area contributed by atoms with Crippen molar-refractivity contribution in [3.63, 3.8) is 0 Å². The number of ether oxygens (including phenoxy) is 4. The Morgan fingerprint density at radius 2 is 1.86 bits per heavy atom. The van der Waals surface area contributed by atoms with Crippen LogP contribution in [0.1, 0.15) is 5.56 Å². The summed E-state index contributed by atoms with van der Waals surface area (Å²) < 4.78 is 68.7. The average molecular weight is 402 g/mol. The highest BCUT2D eigenvalue weighted by Gasteiger charge is 2.43. The second-order valence-electron chi connectivity index (χ2n) is 5.50. The second kappa shape index (κ2) is 7.71. The van der Waals surface area contributed by atoms with Crippen LogP contribution >= 0.6 is 0 Å². The van der Waals surface area contributed by atoms with Gasteiger partial charge in [0.2, 0.25) is 0 Å². The predicted molar refractivity (Wildman–Crippen MR) is 88.1 cm³/mol. The van der Waals surface area contributed by atoms with Gasteiger partial charge in [-0.1, -0.05) is 6.07 Å². The van der Waals surface area contributed by atoms with E-state index in [1.807, 2.05) is 0 Å². The molecule has 0 saturated heterocycles. The maximum absolute atomic E-state index is 13.0. The number of rotatable bonds is 6. The van der Waals surface area contributed by atoms with Crippen molar-refractivity contribution < 1.29 is 41.3 Å². The van der Waals surface area contributed by atoms with E-state index < -0.39 is 18.9 Å². The minimum absolute atomic E-state index is 0.0158. The van der Waals surface area contributed by atoms with E-state index in [4.69, 9.17) is 4.74 Å². The quantitative estimate of drug-likeness (QED) is 0.716. The zero-order chi connectivity index (χ0) is 20.3. The molecule has 0 bridgehead atoms. The molecule has 1 aliphatic rings. The number of methoxy groups -OCH3 is 1. The van der Waals surface area contributed by atoms with E-state index in [1.165, 1.54) is 37.4 Å². The molecule has 0 atom stereocenters. The minimum atomic E-state index is -3.75. The molecule has 11 heteroatoms. The second-order valence-corrected chi connectivity index (χ2v) is 5.50. The molecule has 0 aliphatic carbocycles. The number of hydrogen-bond acceptors (Lipinski definition) is 5. The van der Waals surface area contributed by atoms with Gasteiger partial charge in [0.05, 0.1) is 7.11 Å². The number of carbonyl (C=O) groups excluding carboxylic acids is 1. The molecule has 7 nitrogen and oxygen atoms in total. The topological polar surface area (TPSA) is 78.1 Å². The van der Waals surface area contributed by atoms with Gasteiger partial charge in [-0.2, -0.15) is 8.78 Å².